The lowest BCUT2D eigenvalue weighted by Gasteiger charge is -2.38. The Morgan fingerprint density at radius 2 is 1.92 bits per heavy atom. The van der Waals surface area contributed by atoms with Crippen LogP contribution in [-0.4, -0.2) is 52.1 Å². The Morgan fingerprint density at radius 1 is 1.38 bits per heavy atom. The van der Waals surface area contributed by atoms with Crippen molar-refractivity contribution in [1.82, 2.24) is 4.83 Å². The number of likely N-dealkylation sites (N-methyl/N-ethyl adjacent to an activating group) is 1. The molecule has 0 unspecified atom stereocenters. The second kappa shape index (κ2) is 3.91. The smallest absolute Gasteiger partial charge is 0.250 e. The molecule has 1 aliphatic rings. The predicted molar refractivity (Wildman–Crippen MR) is 49.3 cm³/mol. The first-order valence-corrected chi connectivity index (χ1v) is 6.29. The van der Waals surface area contributed by atoms with E-state index >= 15 is 0 Å². The number of sulfonamides is 1. The van der Waals surface area contributed by atoms with Crippen molar-refractivity contribution in [1.29, 1.82) is 0 Å². The minimum absolute atomic E-state index is 0.416. The Balaban J connectivity index is 2.68. The zero-order valence-electron chi connectivity index (χ0n) is 8.12. The highest BCUT2D eigenvalue weighted by molar-refractivity contribution is 7.88. The molecule has 1 N–H and O–H groups in total. The van der Waals surface area contributed by atoms with Gasteiger partial charge in [-0.1, -0.05) is 4.83 Å². The Bertz CT molecular complexity index is 257. The van der Waals surface area contributed by atoms with Gasteiger partial charge in [0.2, 0.25) is 0 Å². The van der Waals surface area contributed by atoms with Crippen molar-refractivity contribution in [3.05, 3.63) is 0 Å². The van der Waals surface area contributed by atoms with Gasteiger partial charge in [0.25, 0.3) is 10.0 Å². The molecule has 0 aromatic rings. The fraction of sp³-hybridized carbons (Fsp3) is 1.00. The molecule has 0 amide bonds. The van der Waals surface area contributed by atoms with Gasteiger partial charge in [-0.25, -0.2) is 13.0 Å². The van der Waals surface area contributed by atoms with Crippen LogP contribution < -0.4 is 4.83 Å². The van der Waals surface area contributed by atoms with Crippen LogP contribution in [0.4, 0.5) is 0 Å². The van der Waals surface area contributed by atoms with Crippen LogP contribution in [0.15, 0.2) is 0 Å². The summed E-state index contributed by atoms with van der Waals surface area (Å²) in [5.41, 5.74) is 0. The van der Waals surface area contributed by atoms with Crippen LogP contribution >= 0.6 is 0 Å². The highest BCUT2D eigenvalue weighted by Crippen LogP contribution is 2.07. The molecular weight excluding hydrogens is 192 g/mol. The van der Waals surface area contributed by atoms with Gasteiger partial charge in [0.15, 0.2) is 0 Å². The van der Waals surface area contributed by atoms with E-state index in [9.17, 15) is 8.42 Å². The van der Waals surface area contributed by atoms with Crippen LogP contribution in [0.3, 0.4) is 0 Å². The number of rotatable bonds is 3. The average molecular weight is 209 g/mol. The van der Waals surface area contributed by atoms with Gasteiger partial charge >= 0.3 is 0 Å². The van der Waals surface area contributed by atoms with E-state index in [0.717, 1.165) is 6.54 Å². The van der Waals surface area contributed by atoms with E-state index in [0.29, 0.717) is 30.9 Å². The summed E-state index contributed by atoms with van der Waals surface area (Å²) in [4.78, 5) is 2.65. The maximum Gasteiger partial charge on any atom is 0.250 e. The Morgan fingerprint density at radius 3 is 2.31 bits per heavy atom. The van der Waals surface area contributed by atoms with Gasteiger partial charge in [-0.2, -0.15) is 0 Å². The maximum atomic E-state index is 11.1. The van der Waals surface area contributed by atoms with Crippen molar-refractivity contribution < 1.29 is 17.7 Å². The van der Waals surface area contributed by atoms with Gasteiger partial charge in [0.1, 0.15) is 13.1 Å². The summed E-state index contributed by atoms with van der Waals surface area (Å²) in [6.45, 7) is 5.40. The molecule has 0 aromatic carbocycles. The van der Waals surface area contributed by atoms with Gasteiger partial charge < -0.3 is 4.74 Å². The molecule has 0 spiro atoms. The maximum absolute atomic E-state index is 11.1. The Kier molecular flexibility index (Phi) is 3.28. The minimum atomic E-state index is -3.13. The lowest BCUT2D eigenvalue weighted by atomic mass is 10.4. The first kappa shape index (κ1) is 10.9. The monoisotopic (exact) mass is 209 g/mol. The standard InChI is InChI=1S/C7H17N2O3S/c1-3-9(8-13(2,10)11)4-6-12-7-5-9/h8H,3-7H2,1-2H3/q+1. The number of hydrogen-bond donors (Lipinski definition) is 1. The van der Waals surface area contributed by atoms with Crippen molar-refractivity contribution in [2.45, 2.75) is 6.92 Å². The second-order valence-corrected chi connectivity index (χ2v) is 5.11. The first-order chi connectivity index (χ1) is 5.97. The summed E-state index contributed by atoms with van der Waals surface area (Å²) in [5.74, 6) is 0. The van der Waals surface area contributed by atoms with Gasteiger partial charge in [0.05, 0.1) is 26.0 Å². The largest absolute Gasteiger partial charge is 0.370 e. The highest BCUT2D eigenvalue weighted by atomic mass is 32.2. The van der Waals surface area contributed by atoms with Gasteiger partial charge in [0, 0.05) is 0 Å². The Hall–Kier alpha value is -0.170. The molecule has 0 aromatic heterocycles. The summed E-state index contributed by atoms with van der Waals surface area (Å²) in [6, 6.07) is 0. The molecule has 0 atom stereocenters. The number of ether oxygens (including phenoxy) is 1. The van der Waals surface area contributed by atoms with Crippen LogP contribution in [-0.2, 0) is 14.8 Å². The molecule has 1 fully saturated rings. The van der Waals surface area contributed by atoms with E-state index in [4.69, 9.17) is 4.74 Å². The van der Waals surface area contributed by atoms with Crippen LogP contribution in [0, 0.1) is 0 Å². The number of nitrogens with one attached hydrogen (secondary N) is 1. The Labute approximate surface area is 79.3 Å². The molecule has 0 radical (unpaired) electrons. The molecule has 1 aliphatic heterocycles. The molecule has 5 nitrogen and oxygen atoms in total. The number of quaternary nitrogens is 1. The normalized spacial score (nSPS) is 22.9. The summed E-state index contributed by atoms with van der Waals surface area (Å²) in [6.07, 6.45) is 1.19. The average Bonchev–Trinajstić information content (AvgIpc) is 2.03. The van der Waals surface area contributed by atoms with Crippen molar-refractivity contribution in [2.24, 2.45) is 0 Å². The van der Waals surface area contributed by atoms with Gasteiger partial charge in [-0.05, 0) is 6.92 Å². The predicted octanol–water partition coefficient (Wildman–Crippen LogP) is -0.682. The van der Waals surface area contributed by atoms with Crippen molar-refractivity contribution >= 4 is 10.0 Å². The van der Waals surface area contributed by atoms with E-state index in [1.54, 1.807) is 0 Å². The lowest BCUT2D eigenvalue weighted by Crippen LogP contribution is -2.64. The van der Waals surface area contributed by atoms with Crippen molar-refractivity contribution in [2.75, 3.05) is 39.1 Å². The minimum Gasteiger partial charge on any atom is -0.370 e. The number of nitrogens with zero attached hydrogens (tertiary/aromatic N) is 1. The van der Waals surface area contributed by atoms with E-state index < -0.39 is 10.0 Å². The molecule has 78 valence electrons. The fourth-order valence-corrected chi connectivity index (χ4v) is 2.53. The molecule has 6 heteroatoms. The third kappa shape index (κ3) is 3.22. The first-order valence-electron chi connectivity index (χ1n) is 4.40. The summed E-state index contributed by atoms with van der Waals surface area (Å²) in [7, 11) is -3.13. The van der Waals surface area contributed by atoms with Crippen LogP contribution in [0.2, 0.25) is 0 Å². The quantitative estimate of drug-likeness (QED) is 0.626. The summed E-state index contributed by atoms with van der Waals surface area (Å²) < 4.78 is 27.8. The summed E-state index contributed by atoms with van der Waals surface area (Å²) in [5, 5.41) is 0. The third-order valence-electron chi connectivity index (χ3n) is 2.29. The number of hydrogen-bond acceptors (Lipinski definition) is 3. The molecule has 0 saturated carbocycles. The van der Waals surface area contributed by atoms with Crippen molar-refractivity contribution in [3.8, 4) is 0 Å². The second-order valence-electron chi connectivity index (χ2n) is 3.38. The zero-order valence-corrected chi connectivity index (χ0v) is 8.93. The van der Waals surface area contributed by atoms with E-state index in [2.05, 4.69) is 4.83 Å². The van der Waals surface area contributed by atoms with Gasteiger partial charge in [-0.3, -0.25) is 0 Å². The number of morpholine rings is 1. The highest BCUT2D eigenvalue weighted by Gasteiger charge is 2.32. The molecule has 13 heavy (non-hydrogen) atoms. The van der Waals surface area contributed by atoms with Gasteiger partial charge in [-0.15, -0.1) is 0 Å². The van der Waals surface area contributed by atoms with Crippen molar-refractivity contribution in [3.63, 3.8) is 0 Å². The molecule has 0 bridgehead atoms. The summed E-state index contributed by atoms with van der Waals surface area (Å²) >= 11 is 0. The SMILES string of the molecule is CC[N+]1(NS(C)(=O)=O)CCOCC1. The molecule has 1 saturated heterocycles. The molecule has 1 rings (SSSR count). The third-order valence-corrected chi connectivity index (χ3v) is 3.01. The molecule has 0 aliphatic carbocycles. The van der Waals surface area contributed by atoms with E-state index in [1.165, 1.54) is 6.26 Å². The van der Waals surface area contributed by atoms with Crippen LogP contribution in [0.5, 0.6) is 0 Å². The zero-order chi connectivity index (χ0) is 9.95. The van der Waals surface area contributed by atoms with Crippen LogP contribution in [0.1, 0.15) is 6.92 Å². The van der Waals surface area contributed by atoms with E-state index in [1.807, 2.05) is 6.92 Å². The molecule has 1 heterocycles. The topological polar surface area (TPSA) is 55.4 Å². The molecular formula is C7H17N2O3S+. The fourth-order valence-electron chi connectivity index (χ4n) is 1.52. The van der Waals surface area contributed by atoms with E-state index in [-0.39, 0.29) is 0 Å². The lowest BCUT2D eigenvalue weighted by molar-refractivity contribution is -0.961. The van der Waals surface area contributed by atoms with Crippen LogP contribution in [0.25, 0.3) is 0 Å².